The Bertz CT molecular complexity index is 1140. The average Bonchev–Trinajstić information content (AvgIpc) is 3.53. The molecule has 0 bridgehead atoms. The van der Waals surface area contributed by atoms with Gasteiger partial charge < -0.3 is 14.2 Å². The van der Waals surface area contributed by atoms with Gasteiger partial charge in [-0.05, 0) is 48.6 Å². The van der Waals surface area contributed by atoms with E-state index in [2.05, 4.69) is 17.5 Å². The number of amides is 1. The minimum Gasteiger partial charge on any atom is -0.486 e. The minimum absolute atomic E-state index is 0.134. The number of hydrogen-bond acceptors (Lipinski definition) is 4. The van der Waals surface area contributed by atoms with E-state index in [0.717, 1.165) is 42.0 Å². The summed E-state index contributed by atoms with van der Waals surface area (Å²) in [7, 11) is 0. The van der Waals surface area contributed by atoms with Crippen LogP contribution in [0.2, 0.25) is 0 Å². The lowest BCUT2D eigenvalue weighted by atomic mass is 10.2. The van der Waals surface area contributed by atoms with Gasteiger partial charge in [-0.3, -0.25) is 4.79 Å². The normalized spacial score (nSPS) is 16.3. The van der Waals surface area contributed by atoms with E-state index in [4.69, 9.17) is 9.72 Å². The van der Waals surface area contributed by atoms with E-state index in [1.165, 1.54) is 4.88 Å². The fourth-order valence-electron chi connectivity index (χ4n) is 4.14. The molecule has 2 aromatic heterocycles. The molecule has 2 aromatic carbocycles. The average molecular weight is 418 g/mol. The van der Waals surface area contributed by atoms with E-state index in [9.17, 15) is 4.79 Å². The van der Waals surface area contributed by atoms with Crippen LogP contribution in [0.15, 0.2) is 72.1 Å². The highest BCUT2D eigenvalue weighted by Gasteiger charge is 2.31. The zero-order valence-corrected chi connectivity index (χ0v) is 17.4. The van der Waals surface area contributed by atoms with Crippen LogP contribution >= 0.6 is 11.3 Å². The lowest BCUT2D eigenvalue weighted by Crippen LogP contribution is -2.33. The van der Waals surface area contributed by atoms with E-state index >= 15 is 0 Å². The third kappa shape index (κ3) is 3.71. The molecule has 1 amide bonds. The molecule has 4 aromatic rings. The molecule has 0 N–H and O–H groups in total. The number of hydrogen-bond donors (Lipinski definition) is 0. The van der Waals surface area contributed by atoms with Crippen LogP contribution in [0.4, 0.5) is 0 Å². The van der Waals surface area contributed by atoms with Crippen LogP contribution in [-0.2, 0) is 17.9 Å². The highest BCUT2D eigenvalue weighted by atomic mass is 32.1. The summed E-state index contributed by atoms with van der Waals surface area (Å²) < 4.78 is 7.95. The molecule has 1 atom stereocenters. The van der Waals surface area contributed by atoms with Gasteiger partial charge in [0, 0.05) is 11.4 Å². The van der Waals surface area contributed by atoms with Crippen molar-refractivity contribution in [3.05, 3.63) is 82.8 Å². The molecule has 5 nitrogen and oxygen atoms in total. The Kier molecular flexibility index (Phi) is 5.24. The first-order valence-corrected chi connectivity index (χ1v) is 11.1. The summed E-state index contributed by atoms with van der Waals surface area (Å²) in [6.07, 6.45) is 2.07. The number of carbonyl (C=O) groups is 1. The van der Waals surface area contributed by atoms with Gasteiger partial charge in [0.05, 0.1) is 17.1 Å². The molecule has 0 spiro atoms. The maximum atomic E-state index is 13.3. The maximum absolute atomic E-state index is 13.3. The largest absolute Gasteiger partial charge is 0.486 e. The van der Waals surface area contributed by atoms with E-state index in [-0.39, 0.29) is 18.5 Å². The molecule has 1 aliphatic rings. The lowest BCUT2D eigenvalue weighted by Gasteiger charge is -2.24. The number of para-hydroxylation sites is 3. The Morgan fingerprint density at radius 1 is 1.07 bits per heavy atom. The predicted molar refractivity (Wildman–Crippen MR) is 119 cm³/mol. The van der Waals surface area contributed by atoms with E-state index in [1.54, 1.807) is 11.3 Å². The van der Waals surface area contributed by atoms with Gasteiger partial charge in [-0.1, -0.05) is 36.4 Å². The number of thiophene rings is 1. The third-order valence-corrected chi connectivity index (χ3v) is 6.56. The van der Waals surface area contributed by atoms with Crippen molar-refractivity contribution in [3.8, 4) is 5.75 Å². The molecule has 0 unspecified atom stereocenters. The topological polar surface area (TPSA) is 47.4 Å². The van der Waals surface area contributed by atoms with Crippen molar-refractivity contribution in [1.29, 1.82) is 0 Å². The van der Waals surface area contributed by atoms with Crippen molar-refractivity contribution in [3.63, 3.8) is 0 Å². The maximum Gasteiger partial charge on any atom is 0.243 e. The molecule has 0 saturated carbocycles. The highest BCUT2D eigenvalue weighted by molar-refractivity contribution is 7.10. The molecule has 1 saturated heterocycles. The van der Waals surface area contributed by atoms with Gasteiger partial charge in [-0.2, -0.15) is 0 Å². The second-order valence-corrected chi connectivity index (χ2v) is 8.44. The summed E-state index contributed by atoms with van der Waals surface area (Å²) >= 11 is 1.73. The van der Waals surface area contributed by atoms with E-state index in [0.29, 0.717) is 6.61 Å². The molecule has 0 radical (unpaired) electrons. The number of aromatic nitrogens is 2. The molecule has 1 aliphatic heterocycles. The van der Waals surface area contributed by atoms with Crippen molar-refractivity contribution in [2.45, 2.75) is 32.0 Å². The fourth-order valence-corrected chi connectivity index (χ4v) is 5.02. The van der Waals surface area contributed by atoms with Gasteiger partial charge in [0.15, 0.2) is 0 Å². The molecule has 152 valence electrons. The number of fused-ring (bicyclic) bond motifs is 1. The third-order valence-electron chi connectivity index (χ3n) is 5.58. The number of benzene rings is 2. The van der Waals surface area contributed by atoms with Crippen molar-refractivity contribution >= 4 is 28.3 Å². The Balaban J connectivity index is 1.41. The molecule has 6 heteroatoms. The number of ether oxygens (including phenoxy) is 1. The van der Waals surface area contributed by atoms with Crippen molar-refractivity contribution in [2.75, 3.05) is 6.54 Å². The first-order chi connectivity index (χ1) is 14.8. The first-order valence-electron chi connectivity index (χ1n) is 10.2. The van der Waals surface area contributed by atoms with Crippen molar-refractivity contribution < 1.29 is 9.53 Å². The van der Waals surface area contributed by atoms with Crippen LogP contribution in [0.3, 0.4) is 0 Å². The highest BCUT2D eigenvalue weighted by Crippen LogP contribution is 2.34. The zero-order valence-electron chi connectivity index (χ0n) is 16.6. The summed E-state index contributed by atoms with van der Waals surface area (Å²) in [6.45, 7) is 1.40. The van der Waals surface area contributed by atoms with Crippen molar-refractivity contribution in [2.24, 2.45) is 0 Å². The summed E-state index contributed by atoms with van der Waals surface area (Å²) in [5.41, 5.74) is 1.84. The van der Waals surface area contributed by atoms with Gasteiger partial charge in [0.1, 0.15) is 24.7 Å². The van der Waals surface area contributed by atoms with E-state index < -0.39 is 0 Å². The lowest BCUT2D eigenvalue weighted by molar-refractivity contribution is -0.132. The number of rotatable bonds is 6. The Hall–Kier alpha value is -3.12. The Morgan fingerprint density at radius 3 is 2.73 bits per heavy atom. The molecule has 30 heavy (non-hydrogen) atoms. The van der Waals surface area contributed by atoms with Crippen LogP contribution in [0.1, 0.15) is 29.6 Å². The molecule has 0 aliphatic carbocycles. The number of carbonyl (C=O) groups excluding carboxylic acids is 1. The van der Waals surface area contributed by atoms with Crippen LogP contribution in [0.5, 0.6) is 5.75 Å². The molecule has 5 rings (SSSR count). The molecule has 1 fully saturated rings. The second kappa shape index (κ2) is 8.32. The monoisotopic (exact) mass is 417 g/mol. The smallest absolute Gasteiger partial charge is 0.243 e. The summed E-state index contributed by atoms with van der Waals surface area (Å²) in [4.78, 5) is 21.4. The van der Waals surface area contributed by atoms with Gasteiger partial charge in [-0.25, -0.2) is 4.98 Å². The molecular weight excluding hydrogens is 394 g/mol. The van der Waals surface area contributed by atoms with Crippen molar-refractivity contribution in [1.82, 2.24) is 14.5 Å². The minimum atomic E-state index is 0.134. The van der Waals surface area contributed by atoms with E-state index in [1.807, 2.05) is 64.1 Å². The van der Waals surface area contributed by atoms with Crippen LogP contribution in [0, 0.1) is 0 Å². The quantitative estimate of drug-likeness (QED) is 0.442. The summed E-state index contributed by atoms with van der Waals surface area (Å²) in [6, 6.07) is 22.0. The van der Waals surface area contributed by atoms with Gasteiger partial charge in [0.2, 0.25) is 5.91 Å². The fraction of sp³-hybridized carbons (Fsp3) is 0.250. The van der Waals surface area contributed by atoms with Gasteiger partial charge in [0.25, 0.3) is 0 Å². The molecule has 3 heterocycles. The number of likely N-dealkylation sites (tertiary alicyclic amines) is 1. The SMILES string of the molecule is O=C(Cn1c(COc2ccccc2)nc2ccccc21)N1CCC[C@H]1c1cccs1. The van der Waals surface area contributed by atoms with Crippen LogP contribution < -0.4 is 4.74 Å². The number of nitrogens with zero attached hydrogens (tertiary/aromatic N) is 3. The Labute approximate surface area is 179 Å². The van der Waals surface area contributed by atoms with Gasteiger partial charge >= 0.3 is 0 Å². The summed E-state index contributed by atoms with van der Waals surface area (Å²) in [5, 5.41) is 2.08. The predicted octanol–water partition coefficient (Wildman–Crippen LogP) is 5.04. The van der Waals surface area contributed by atoms with Crippen LogP contribution in [0.25, 0.3) is 11.0 Å². The van der Waals surface area contributed by atoms with Crippen LogP contribution in [-0.4, -0.2) is 26.9 Å². The second-order valence-electron chi connectivity index (χ2n) is 7.47. The first kappa shape index (κ1) is 18.9. The number of imidazole rings is 1. The summed E-state index contributed by atoms with van der Waals surface area (Å²) in [5.74, 6) is 1.69. The molecular formula is C24H23N3O2S. The Morgan fingerprint density at radius 2 is 1.90 bits per heavy atom. The van der Waals surface area contributed by atoms with Gasteiger partial charge in [-0.15, -0.1) is 11.3 Å². The standard InChI is InChI=1S/C24H23N3O2S/c28-24(26-14-6-12-21(26)22-13-7-15-30-22)16-27-20-11-5-4-10-19(20)25-23(27)17-29-18-8-2-1-3-9-18/h1-5,7-11,13,15,21H,6,12,14,16-17H2/t21-/m0/s1. The zero-order chi connectivity index (χ0) is 20.3.